The van der Waals surface area contributed by atoms with E-state index in [1.54, 1.807) is 7.11 Å². The van der Waals surface area contributed by atoms with E-state index in [-0.39, 0.29) is 29.6 Å². The van der Waals surface area contributed by atoms with Crippen molar-refractivity contribution in [3.05, 3.63) is 24.0 Å². The molecular weight excluding hydrogens is 308 g/mol. The van der Waals surface area contributed by atoms with Crippen molar-refractivity contribution in [2.45, 2.75) is 65.3 Å². The molecule has 0 saturated carbocycles. The van der Waals surface area contributed by atoms with E-state index in [2.05, 4.69) is 13.0 Å². The Morgan fingerprint density at radius 1 is 1.42 bits per heavy atom. The van der Waals surface area contributed by atoms with E-state index in [9.17, 15) is 15.0 Å². The van der Waals surface area contributed by atoms with Crippen LogP contribution in [0.5, 0.6) is 0 Å². The smallest absolute Gasteiger partial charge is 0.334 e. The van der Waals surface area contributed by atoms with Crippen molar-refractivity contribution in [2.24, 2.45) is 17.8 Å². The highest BCUT2D eigenvalue weighted by Gasteiger charge is 2.36. The first kappa shape index (κ1) is 20.7. The molecule has 5 nitrogen and oxygen atoms in total. The molecule has 6 atom stereocenters. The molecule has 1 aliphatic rings. The molecule has 0 amide bonds. The lowest BCUT2D eigenvalue weighted by atomic mass is 9.82. The summed E-state index contributed by atoms with van der Waals surface area (Å²) in [5.41, 5.74) is 0. The summed E-state index contributed by atoms with van der Waals surface area (Å²) in [4.78, 5) is 11.5. The van der Waals surface area contributed by atoms with Gasteiger partial charge in [0.15, 0.2) is 0 Å². The Balaban J connectivity index is 2.75. The predicted octanol–water partition coefficient (Wildman–Crippen LogP) is 3.38. The summed E-state index contributed by atoms with van der Waals surface area (Å²) >= 11 is 0. The Morgan fingerprint density at radius 2 is 2.08 bits per heavy atom. The van der Waals surface area contributed by atoms with E-state index in [0.29, 0.717) is 12.8 Å². The molecule has 0 fully saturated rings. The molecule has 0 spiro atoms. The summed E-state index contributed by atoms with van der Waals surface area (Å²) < 4.78 is 10.9. The first-order chi connectivity index (χ1) is 11.3. The second-order valence-corrected chi connectivity index (χ2v) is 6.70. The molecule has 0 unspecified atom stereocenters. The molecule has 0 saturated heterocycles. The van der Waals surface area contributed by atoms with Crippen molar-refractivity contribution >= 4 is 5.97 Å². The Bertz CT molecular complexity index is 457. The number of hydrogen-bond donors (Lipinski definition) is 2. The standard InChI is InChI=1S/C19H32O5/c1-6-8-9-12(3)19(23-5)13(4)15(20)10-17-14(7-2)16(21)11-18(22)24-17/h6,8,11-15,17,19-21H,7,9-10H2,1-5H3/b8-6+/t12-,13-,14+,15+,17+,19+/m0/s1. The van der Waals surface area contributed by atoms with Crippen molar-refractivity contribution in [1.29, 1.82) is 0 Å². The molecule has 0 aliphatic carbocycles. The third-order valence-electron chi connectivity index (χ3n) is 4.98. The van der Waals surface area contributed by atoms with Gasteiger partial charge in [0.1, 0.15) is 11.9 Å². The number of methoxy groups -OCH3 is 1. The van der Waals surface area contributed by atoms with E-state index < -0.39 is 18.2 Å². The van der Waals surface area contributed by atoms with E-state index in [1.807, 2.05) is 26.8 Å². The maximum atomic E-state index is 11.5. The van der Waals surface area contributed by atoms with Crippen LogP contribution in [0.25, 0.3) is 0 Å². The number of carbonyl (C=O) groups excluding carboxylic acids is 1. The number of carbonyl (C=O) groups is 1. The second kappa shape index (κ2) is 9.84. The normalized spacial score (nSPS) is 26.6. The van der Waals surface area contributed by atoms with Crippen molar-refractivity contribution in [3.63, 3.8) is 0 Å². The summed E-state index contributed by atoms with van der Waals surface area (Å²) in [6, 6.07) is 0. The average molecular weight is 340 g/mol. The second-order valence-electron chi connectivity index (χ2n) is 6.70. The molecule has 0 aromatic carbocycles. The highest BCUT2D eigenvalue weighted by molar-refractivity contribution is 5.83. The van der Waals surface area contributed by atoms with Crippen molar-refractivity contribution in [2.75, 3.05) is 7.11 Å². The fourth-order valence-electron chi connectivity index (χ4n) is 3.49. The van der Waals surface area contributed by atoms with Gasteiger partial charge in [-0.1, -0.05) is 32.9 Å². The average Bonchev–Trinajstić information content (AvgIpc) is 2.53. The van der Waals surface area contributed by atoms with Gasteiger partial charge < -0.3 is 19.7 Å². The molecule has 0 bridgehead atoms. The summed E-state index contributed by atoms with van der Waals surface area (Å²) in [6.07, 6.45) is 5.76. The van der Waals surface area contributed by atoms with Gasteiger partial charge in [-0.3, -0.25) is 0 Å². The van der Waals surface area contributed by atoms with Gasteiger partial charge in [-0.15, -0.1) is 0 Å². The minimum absolute atomic E-state index is 0.0448. The summed E-state index contributed by atoms with van der Waals surface area (Å²) in [6.45, 7) is 7.96. The number of hydrogen-bond acceptors (Lipinski definition) is 5. The Hall–Kier alpha value is -1.33. The summed E-state index contributed by atoms with van der Waals surface area (Å²) in [7, 11) is 1.66. The first-order valence-corrected chi connectivity index (χ1v) is 8.78. The minimum atomic E-state index is -0.680. The fraction of sp³-hybridized carbons (Fsp3) is 0.737. The quantitative estimate of drug-likeness (QED) is 0.497. The molecule has 2 N–H and O–H groups in total. The van der Waals surface area contributed by atoms with Gasteiger partial charge in [0.25, 0.3) is 0 Å². The highest BCUT2D eigenvalue weighted by atomic mass is 16.5. The number of rotatable bonds is 9. The van der Waals surface area contributed by atoms with Crippen LogP contribution >= 0.6 is 0 Å². The lowest BCUT2D eigenvalue weighted by Gasteiger charge is -2.35. The van der Waals surface area contributed by atoms with E-state index in [0.717, 1.165) is 12.5 Å². The zero-order chi connectivity index (χ0) is 18.3. The van der Waals surface area contributed by atoms with Crippen LogP contribution in [-0.2, 0) is 14.3 Å². The number of aliphatic hydroxyl groups excluding tert-OH is 2. The van der Waals surface area contributed by atoms with Gasteiger partial charge in [-0.2, -0.15) is 0 Å². The molecule has 1 heterocycles. The third kappa shape index (κ3) is 5.35. The van der Waals surface area contributed by atoms with Gasteiger partial charge in [-0.25, -0.2) is 4.79 Å². The van der Waals surface area contributed by atoms with Crippen molar-refractivity contribution in [1.82, 2.24) is 0 Å². The number of allylic oxidation sites excluding steroid dienone is 2. The molecular formula is C19H32O5. The number of cyclic esters (lactones) is 1. The topological polar surface area (TPSA) is 76.0 Å². The largest absolute Gasteiger partial charge is 0.512 e. The zero-order valence-electron chi connectivity index (χ0n) is 15.4. The Labute approximate surface area is 145 Å². The molecule has 138 valence electrons. The van der Waals surface area contributed by atoms with Crippen LogP contribution < -0.4 is 0 Å². The van der Waals surface area contributed by atoms with Crippen LogP contribution in [0, 0.1) is 17.8 Å². The zero-order valence-corrected chi connectivity index (χ0v) is 15.4. The van der Waals surface area contributed by atoms with Gasteiger partial charge in [0.2, 0.25) is 0 Å². The van der Waals surface area contributed by atoms with Crippen LogP contribution in [0.15, 0.2) is 24.0 Å². The molecule has 0 aromatic heterocycles. The fourth-order valence-corrected chi connectivity index (χ4v) is 3.49. The van der Waals surface area contributed by atoms with Crippen molar-refractivity contribution < 1.29 is 24.5 Å². The number of ether oxygens (including phenoxy) is 2. The lowest BCUT2D eigenvalue weighted by molar-refractivity contribution is -0.151. The first-order valence-electron chi connectivity index (χ1n) is 8.78. The van der Waals surface area contributed by atoms with E-state index in [4.69, 9.17) is 9.47 Å². The monoisotopic (exact) mass is 340 g/mol. The van der Waals surface area contributed by atoms with Gasteiger partial charge in [0.05, 0.1) is 24.2 Å². The minimum Gasteiger partial charge on any atom is -0.512 e. The molecule has 0 aromatic rings. The van der Waals surface area contributed by atoms with Crippen LogP contribution in [0.3, 0.4) is 0 Å². The predicted molar refractivity (Wildman–Crippen MR) is 93.6 cm³/mol. The molecule has 1 aliphatic heterocycles. The summed E-state index contributed by atoms with van der Waals surface area (Å²) in [5, 5.41) is 20.6. The van der Waals surface area contributed by atoms with Gasteiger partial charge >= 0.3 is 5.97 Å². The number of esters is 1. The van der Waals surface area contributed by atoms with Gasteiger partial charge in [-0.05, 0) is 25.7 Å². The Kier molecular flexibility index (Phi) is 8.50. The van der Waals surface area contributed by atoms with Gasteiger partial charge in [0, 0.05) is 19.4 Å². The Morgan fingerprint density at radius 3 is 2.62 bits per heavy atom. The van der Waals surface area contributed by atoms with Crippen LogP contribution in [0.1, 0.15) is 47.0 Å². The maximum Gasteiger partial charge on any atom is 0.334 e. The van der Waals surface area contributed by atoms with Crippen LogP contribution in [0.4, 0.5) is 0 Å². The van der Waals surface area contributed by atoms with Crippen LogP contribution in [-0.4, -0.2) is 41.6 Å². The molecule has 5 heteroatoms. The van der Waals surface area contributed by atoms with Crippen molar-refractivity contribution in [3.8, 4) is 0 Å². The van der Waals surface area contributed by atoms with Crippen LogP contribution in [0.2, 0.25) is 0 Å². The van der Waals surface area contributed by atoms with E-state index in [1.165, 1.54) is 0 Å². The SMILES string of the molecule is C/C=C/C[C@H](C)[C@@H](OC)[C@@H](C)[C@H](O)C[C@H]1OC(=O)C=C(O)[C@H]1CC. The summed E-state index contributed by atoms with van der Waals surface area (Å²) in [5.74, 6) is -0.610. The highest BCUT2D eigenvalue weighted by Crippen LogP contribution is 2.31. The molecule has 1 rings (SSSR count). The van der Waals surface area contributed by atoms with E-state index >= 15 is 0 Å². The number of aliphatic hydroxyl groups is 2. The lowest BCUT2D eigenvalue weighted by Crippen LogP contribution is -2.41. The maximum absolute atomic E-state index is 11.5. The molecule has 0 radical (unpaired) electrons. The third-order valence-corrected chi connectivity index (χ3v) is 4.98. The molecule has 24 heavy (non-hydrogen) atoms.